The topological polar surface area (TPSA) is 111 Å². The average Bonchev–Trinajstić information content (AvgIpc) is 3.24. The van der Waals surface area contributed by atoms with Crippen LogP contribution in [0.4, 0.5) is 0 Å². The van der Waals surface area contributed by atoms with Gasteiger partial charge in [0.05, 0.1) is 25.2 Å². The molecule has 0 bridgehead atoms. The Morgan fingerprint density at radius 2 is 2.23 bits per heavy atom. The molecule has 1 aromatic heterocycles. The van der Waals surface area contributed by atoms with Gasteiger partial charge in [-0.1, -0.05) is 6.07 Å². The number of hydrogen-bond donors (Lipinski definition) is 1. The molecule has 1 saturated heterocycles. The first-order valence-corrected chi connectivity index (χ1v) is 10.2. The zero-order chi connectivity index (χ0) is 18.6. The second kappa shape index (κ2) is 7.86. The van der Waals surface area contributed by atoms with E-state index in [0.29, 0.717) is 30.4 Å². The number of methoxy groups -OCH3 is 1. The third kappa shape index (κ3) is 4.81. The smallest absolute Gasteiger partial charge is 0.247 e. The maximum Gasteiger partial charge on any atom is 0.247 e. The van der Waals surface area contributed by atoms with Crippen LogP contribution in [0.3, 0.4) is 0 Å². The van der Waals surface area contributed by atoms with Crippen molar-refractivity contribution < 1.29 is 22.4 Å². The number of nitrogens with one attached hydrogen (secondary N) is 1. The molecule has 1 aliphatic rings. The summed E-state index contributed by atoms with van der Waals surface area (Å²) in [6.07, 6.45) is 1.50. The highest BCUT2D eigenvalue weighted by Crippen LogP contribution is 2.23. The van der Waals surface area contributed by atoms with Crippen LogP contribution in [0.5, 0.6) is 5.75 Å². The normalized spacial score (nSPS) is 18.6. The highest BCUT2D eigenvalue weighted by Gasteiger charge is 2.27. The van der Waals surface area contributed by atoms with Gasteiger partial charge in [0.2, 0.25) is 17.7 Å². The molecule has 2 heterocycles. The molecule has 1 unspecified atom stereocenters. The zero-order valence-electron chi connectivity index (χ0n) is 14.5. The molecule has 0 radical (unpaired) electrons. The Kier molecular flexibility index (Phi) is 5.55. The van der Waals surface area contributed by atoms with Crippen molar-refractivity contribution in [2.75, 3.05) is 18.6 Å². The van der Waals surface area contributed by atoms with E-state index in [4.69, 9.17) is 9.15 Å². The minimum atomic E-state index is -2.90. The van der Waals surface area contributed by atoms with Crippen LogP contribution >= 0.6 is 0 Å². The number of nitrogens with zero attached hydrogens (tertiary/aromatic N) is 2. The molecule has 0 aliphatic carbocycles. The van der Waals surface area contributed by atoms with Gasteiger partial charge in [-0.05, 0) is 37.0 Å². The first kappa shape index (κ1) is 18.4. The number of ether oxygens (including phenoxy) is 1. The Balaban J connectivity index is 1.48. The SMILES string of the molecule is COc1cccc(-c2nnc(CNC(=O)CCC3CCS(=O)(=O)C3)o2)c1. The van der Waals surface area contributed by atoms with E-state index in [-0.39, 0.29) is 36.3 Å². The number of rotatable bonds is 7. The third-order valence-electron chi connectivity index (χ3n) is 4.33. The van der Waals surface area contributed by atoms with E-state index in [1.807, 2.05) is 18.2 Å². The molecule has 9 heteroatoms. The number of benzene rings is 1. The minimum absolute atomic E-state index is 0.0776. The number of sulfone groups is 1. The number of carbonyl (C=O) groups is 1. The first-order valence-electron chi connectivity index (χ1n) is 8.39. The van der Waals surface area contributed by atoms with Crippen molar-refractivity contribution in [1.82, 2.24) is 15.5 Å². The maximum atomic E-state index is 11.9. The van der Waals surface area contributed by atoms with Crippen molar-refractivity contribution in [2.45, 2.75) is 25.8 Å². The molecule has 0 saturated carbocycles. The van der Waals surface area contributed by atoms with Crippen LogP contribution in [0.15, 0.2) is 28.7 Å². The fraction of sp³-hybridized carbons (Fsp3) is 0.471. The summed E-state index contributed by atoms with van der Waals surface area (Å²) >= 11 is 0. The quantitative estimate of drug-likeness (QED) is 0.777. The van der Waals surface area contributed by atoms with Crippen molar-refractivity contribution in [2.24, 2.45) is 5.92 Å². The third-order valence-corrected chi connectivity index (χ3v) is 6.16. The van der Waals surface area contributed by atoms with Crippen molar-refractivity contribution >= 4 is 15.7 Å². The van der Waals surface area contributed by atoms with Crippen LogP contribution in [0.2, 0.25) is 0 Å². The Hall–Kier alpha value is -2.42. The Labute approximate surface area is 151 Å². The second-order valence-corrected chi connectivity index (χ2v) is 8.55. The molecule has 1 N–H and O–H groups in total. The molecule has 1 atom stereocenters. The minimum Gasteiger partial charge on any atom is -0.497 e. The van der Waals surface area contributed by atoms with Gasteiger partial charge in [0.25, 0.3) is 0 Å². The summed E-state index contributed by atoms with van der Waals surface area (Å²) in [7, 11) is -1.32. The molecule has 3 rings (SSSR count). The van der Waals surface area contributed by atoms with E-state index in [0.717, 1.165) is 5.56 Å². The van der Waals surface area contributed by atoms with Crippen LogP contribution < -0.4 is 10.1 Å². The van der Waals surface area contributed by atoms with Gasteiger partial charge in [0.1, 0.15) is 5.75 Å². The van der Waals surface area contributed by atoms with Crippen LogP contribution in [0.25, 0.3) is 11.5 Å². The van der Waals surface area contributed by atoms with Gasteiger partial charge < -0.3 is 14.5 Å². The number of hydrogen-bond acceptors (Lipinski definition) is 7. The molecule has 140 valence electrons. The standard InChI is InChI=1S/C17H21N3O5S/c1-24-14-4-2-3-13(9-14)17-20-19-16(25-17)10-18-15(21)6-5-12-7-8-26(22,23)11-12/h2-4,9,12H,5-8,10-11H2,1H3,(H,18,21). The molecule has 1 aromatic carbocycles. The first-order chi connectivity index (χ1) is 12.4. The molecular weight excluding hydrogens is 358 g/mol. The summed E-state index contributed by atoms with van der Waals surface area (Å²) < 4.78 is 33.6. The molecule has 1 amide bonds. The zero-order valence-corrected chi connectivity index (χ0v) is 15.3. The summed E-state index contributed by atoms with van der Waals surface area (Å²) in [5.41, 5.74) is 0.733. The Morgan fingerprint density at radius 1 is 1.38 bits per heavy atom. The van der Waals surface area contributed by atoms with Gasteiger partial charge in [-0.3, -0.25) is 4.79 Å². The summed E-state index contributed by atoms with van der Waals surface area (Å²) in [6.45, 7) is 0.138. The van der Waals surface area contributed by atoms with Crippen LogP contribution in [-0.4, -0.2) is 43.1 Å². The summed E-state index contributed by atoms with van der Waals surface area (Å²) in [6, 6.07) is 7.25. The van der Waals surface area contributed by atoms with Gasteiger partial charge in [-0.15, -0.1) is 10.2 Å². The molecule has 1 fully saturated rings. The summed E-state index contributed by atoms with van der Waals surface area (Å²) in [5.74, 6) is 1.68. The highest BCUT2D eigenvalue weighted by molar-refractivity contribution is 7.91. The molecule has 1 aliphatic heterocycles. The van der Waals surface area contributed by atoms with Gasteiger partial charge in [0.15, 0.2) is 9.84 Å². The van der Waals surface area contributed by atoms with Crippen LogP contribution in [0.1, 0.15) is 25.2 Å². The fourth-order valence-corrected chi connectivity index (χ4v) is 4.81. The summed E-state index contributed by atoms with van der Waals surface area (Å²) in [4.78, 5) is 11.9. The lowest BCUT2D eigenvalue weighted by Gasteiger charge is -2.07. The van der Waals surface area contributed by atoms with E-state index in [1.165, 1.54) is 0 Å². The highest BCUT2D eigenvalue weighted by atomic mass is 32.2. The maximum absolute atomic E-state index is 11.9. The lowest BCUT2D eigenvalue weighted by atomic mass is 10.0. The molecule has 8 nitrogen and oxygen atoms in total. The van der Waals surface area contributed by atoms with Crippen molar-refractivity contribution in [3.63, 3.8) is 0 Å². The van der Waals surface area contributed by atoms with E-state index < -0.39 is 9.84 Å². The number of carbonyl (C=O) groups excluding carboxylic acids is 1. The molecule has 2 aromatic rings. The van der Waals surface area contributed by atoms with Crippen LogP contribution in [0, 0.1) is 5.92 Å². The van der Waals surface area contributed by atoms with Gasteiger partial charge in [-0.2, -0.15) is 0 Å². The number of aromatic nitrogens is 2. The predicted octanol–water partition coefficient (Wildman–Crippen LogP) is 1.58. The molecule has 26 heavy (non-hydrogen) atoms. The largest absolute Gasteiger partial charge is 0.497 e. The van der Waals surface area contributed by atoms with E-state index in [2.05, 4.69) is 15.5 Å². The number of amides is 1. The van der Waals surface area contributed by atoms with Gasteiger partial charge in [0, 0.05) is 12.0 Å². The summed E-state index contributed by atoms with van der Waals surface area (Å²) in [5, 5.41) is 10.6. The van der Waals surface area contributed by atoms with Crippen molar-refractivity contribution in [3.05, 3.63) is 30.2 Å². The Bertz CT molecular complexity index is 878. The molecular formula is C17H21N3O5S. The Morgan fingerprint density at radius 3 is 2.96 bits per heavy atom. The lowest BCUT2D eigenvalue weighted by molar-refractivity contribution is -0.121. The van der Waals surface area contributed by atoms with Crippen molar-refractivity contribution in [1.29, 1.82) is 0 Å². The fourth-order valence-electron chi connectivity index (χ4n) is 2.90. The van der Waals surface area contributed by atoms with Gasteiger partial charge >= 0.3 is 0 Å². The van der Waals surface area contributed by atoms with Crippen LogP contribution in [-0.2, 0) is 21.2 Å². The van der Waals surface area contributed by atoms with E-state index in [9.17, 15) is 13.2 Å². The molecule has 0 spiro atoms. The average molecular weight is 379 g/mol. The predicted molar refractivity (Wildman–Crippen MR) is 94.1 cm³/mol. The monoisotopic (exact) mass is 379 g/mol. The second-order valence-electron chi connectivity index (χ2n) is 6.32. The van der Waals surface area contributed by atoms with Gasteiger partial charge in [-0.25, -0.2) is 8.42 Å². The van der Waals surface area contributed by atoms with E-state index in [1.54, 1.807) is 13.2 Å². The van der Waals surface area contributed by atoms with Crippen molar-refractivity contribution in [3.8, 4) is 17.2 Å². The van der Waals surface area contributed by atoms with E-state index >= 15 is 0 Å². The lowest BCUT2D eigenvalue weighted by Crippen LogP contribution is -2.23.